The zero-order chi connectivity index (χ0) is 15.5. The van der Waals surface area contributed by atoms with Crippen molar-refractivity contribution in [1.29, 1.82) is 0 Å². The molecule has 2 heterocycles. The number of nitrogens with two attached hydrogens (primary N) is 1. The molecule has 6 nitrogen and oxygen atoms in total. The molecule has 0 radical (unpaired) electrons. The largest absolute Gasteiger partial charge is 0.381 e. The summed E-state index contributed by atoms with van der Waals surface area (Å²) < 4.78 is 5.20. The van der Waals surface area contributed by atoms with Gasteiger partial charge in [-0.2, -0.15) is 0 Å². The summed E-state index contributed by atoms with van der Waals surface area (Å²) in [6, 6.07) is 7.11. The normalized spacial score (nSPS) is 19.2. The van der Waals surface area contributed by atoms with Crippen LogP contribution in [-0.2, 0) is 20.7 Å². The lowest BCUT2D eigenvalue weighted by Crippen LogP contribution is -2.48. The molecule has 0 spiro atoms. The molecule has 1 aliphatic heterocycles. The van der Waals surface area contributed by atoms with Crippen LogP contribution in [0.2, 0.25) is 0 Å². The van der Waals surface area contributed by atoms with E-state index in [1.165, 1.54) is 0 Å². The molecule has 2 amide bonds. The number of ether oxygens (including phenoxy) is 1. The first-order valence-electron chi connectivity index (χ1n) is 7.37. The van der Waals surface area contributed by atoms with Crippen molar-refractivity contribution in [2.75, 3.05) is 13.2 Å². The van der Waals surface area contributed by atoms with Gasteiger partial charge in [0.1, 0.15) is 6.04 Å². The number of primary amides is 1. The van der Waals surface area contributed by atoms with Gasteiger partial charge in [0.25, 0.3) is 0 Å². The maximum Gasteiger partial charge on any atom is 0.240 e. The molecule has 4 N–H and O–H groups in total. The van der Waals surface area contributed by atoms with Crippen LogP contribution in [0.4, 0.5) is 0 Å². The van der Waals surface area contributed by atoms with Gasteiger partial charge < -0.3 is 20.8 Å². The summed E-state index contributed by atoms with van der Waals surface area (Å²) in [5, 5.41) is 3.79. The molecule has 1 fully saturated rings. The molecule has 116 valence electrons. The maximum atomic E-state index is 12.1. The summed E-state index contributed by atoms with van der Waals surface area (Å²) in [7, 11) is 0. The van der Waals surface area contributed by atoms with Gasteiger partial charge in [0.15, 0.2) is 0 Å². The number of hydrogen-bond donors (Lipinski definition) is 3. The lowest BCUT2D eigenvalue weighted by molar-refractivity contribution is -0.129. The minimum absolute atomic E-state index is 0.166. The van der Waals surface area contributed by atoms with Crippen LogP contribution >= 0.6 is 0 Å². The second kappa shape index (κ2) is 6.19. The fourth-order valence-corrected chi connectivity index (χ4v) is 2.77. The minimum Gasteiger partial charge on any atom is -0.381 e. The Morgan fingerprint density at radius 2 is 2.23 bits per heavy atom. The molecule has 1 aromatic carbocycles. The lowest BCUT2D eigenvalue weighted by atomic mass is 10.0. The zero-order valence-corrected chi connectivity index (χ0v) is 12.2. The maximum absolute atomic E-state index is 12.1. The highest BCUT2D eigenvalue weighted by atomic mass is 16.5. The number of aromatic amines is 1. The number of fused-ring (bicyclic) bond motifs is 1. The molecule has 3 rings (SSSR count). The highest BCUT2D eigenvalue weighted by molar-refractivity contribution is 5.89. The number of nitrogens with one attached hydrogen (secondary N) is 2. The number of hydrogen-bond acceptors (Lipinski definition) is 3. The molecule has 1 aromatic heterocycles. The van der Waals surface area contributed by atoms with Crippen molar-refractivity contribution in [3.05, 3.63) is 36.0 Å². The summed E-state index contributed by atoms with van der Waals surface area (Å²) in [6.45, 7) is 0.992. The van der Waals surface area contributed by atoms with Crippen LogP contribution < -0.4 is 11.1 Å². The van der Waals surface area contributed by atoms with E-state index in [2.05, 4.69) is 10.3 Å². The number of para-hydroxylation sites is 1. The molecule has 22 heavy (non-hydrogen) atoms. The molecular formula is C16H19N3O3. The standard InChI is InChI=1S/C16H19N3O3/c17-15(20)14(19-16(21)10-5-6-22-9-10)7-11-8-18-13-4-2-1-3-12(11)13/h1-4,8,10,14,18H,5-7,9H2,(H2,17,20)(H,19,21)/t10-,14+/m1/s1. The predicted octanol–water partition coefficient (Wildman–Crippen LogP) is 0.717. The van der Waals surface area contributed by atoms with Crippen molar-refractivity contribution in [3.8, 4) is 0 Å². The summed E-state index contributed by atoms with van der Waals surface area (Å²) in [6.07, 6.45) is 2.91. The van der Waals surface area contributed by atoms with Crippen molar-refractivity contribution >= 4 is 22.7 Å². The number of H-pyrrole nitrogens is 1. The summed E-state index contributed by atoms with van der Waals surface area (Å²) >= 11 is 0. The van der Waals surface area contributed by atoms with E-state index in [0.717, 1.165) is 16.5 Å². The van der Waals surface area contributed by atoms with Crippen molar-refractivity contribution in [3.63, 3.8) is 0 Å². The topological polar surface area (TPSA) is 97.2 Å². The fourth-order valence-electron chi connectivity index (χ4n) is 2.77. The van der Waals surface area contributed by atoms with Gasteiger partial charge in [-0.1, -0.05) is 18.2 Å². The van der Waals surface area contributed by atoms with Gasteiger partial charge in [0, 0.05) is 30.1 Å². The monoisotopic (exact) mass is 301 g/mol. The van der Waals surface area contributed by atoms with Crippen LogP contribution in [0, 0.1) is 5.92 Å². The van der Waals surface area contributed by atoms with Crippen LogP contribution in [0.5, 0.6) is 0 Å². The Labute approximate surface area is 128 Å². The molecule has 1 saturated heterocycles. The molecule has 1 aliphatic rings. The van der Waals surface area contributed by atoms with Gasteiger partial charge in [-0.15, -0.1) is 0 Å². The van der Waals surface area contributed by atoms with Crippen molar-refractivity contribution in [1.82, 2.24) is 10.3 Å². The average Bonchev–Trinajstić information content (AvgIpc) is 3.16. The third-order valence-corrected chi connectivity index (χ3v) is 4.06. The molecule has 0 bridgehead atoms. The molecule has 6 heteroatoms. The first-order valence-corrected chi connectivity index (χ1v) is 7.37. The van der Waals surface area contributed by atoms with Gasteiger partial charge in [-0.05, 0) is 18.1 Å². The third-order valence-electron chi connectivity index (χ3n) is 4.06. The zero-order valence-electron chi connectivity index (χ0n) is 12.2. The summed E-state index contributed by atoms with van der Waals surface area (Å²) in [5.74, 6) is -0.886. The first-order chi connectivity index (χ1) is 10.6. The van der Waals surface area contributed by atoms with Gasteiger partial charge in [-0.3, -0.25) is 9.59 Å². The minimum atomic E-state index is -0.715. The number of aromatic nitrogens is 1. The molecule has 2 atom stereocenters. The fraction of sp³-hybridized carbons (Fsp3) is 0.375. The highest BCUT2D eigenvalue weighted by Gasteiger charge is 2.27. The summed E-state index contributed by atoms with van der Waals surface area (Å²) in [4.78, 5) is 27.0. The van der Waals surface area contributed by atoms with Crippen LogP contribution in [0.25, 0.3) is 10.9 Å². The smallest absolute Gasteiger partial charge is 0.240 e. The summed E-state index contributed by atoms with van der Waals surface area (Å²) in [5.41, 5.74) is 7.41. The lowest BCUT2D eigenvalue weighted by Gasteiger charge is -2.17. The molecular weight excluding hydrogens is 282 g/mol. The van der Waals surface area contributed by atoms with E-state index >= 15 is 0 Å². The number of carbonyl (C=O) groups excluding carboxylic acids is 2. The van der Waals surface area contributed by atoms with Crippen LogP contribution in [0.1, 0.15) is 12.0 Å². The van der Waals surface area contributed by atoms with Crippen molar-refractivity contribution < 1.29 is 14.3 Å². The molecule has 0 unspecified atom stereocenters. The third kappa shape index (κ3) is 2.96. The Morgan fingerprint density at radius 1 is 1.41 bits per heavy atom. The first kappa shape index (κ1) is 14.6. The van der Waals surface area contributed by atoms with E-state index < -0.39 is 11.9 Å². The Bertz CT molecular complexity index is 689. The molecule has 0 saturated carbocycles. The van der Waals surface area contributed by atoms with Crippen LogP contribution in [-0.4, -0.2) is 36.1 Å². The second-order valence-corrected chi connectivity index (χ2v) is 5.59. The van der Waals surface area contributed by atoms with Gasteiger partial charge in [-0.25, -0.2) is 0 Å². The Hall–Kier alpha value is -2.34. The van der Waals surface area contributed by atoms with Gasteiger partial charge >= 0.3 is 0 Å². The molecule has 2 aromatic rings. The SMILES string of the molecule is NC(=O)[C@H](Cc1c[nH]c2ccccc12)NC(=O)[C@@H]1CCOC1. The van der Waals surface area contributed by atoms with Crippen molar-refractivity contribution in [2.45, 2.75) is 18.9 Å². The van der Waals surface area contributed by atoms with Crippen molar-refractivity contribution in [2.24, 2.45) is 11.7 Å². The van der Waals surface area contributed by atoms with E-state index in [4.69, 9.17) is 10.5 Å². The van der Waals surface area contributed by atoms with E-state index in [1.54, 1.807) is 0 Å². The second-order valence-electron chi connectivity index (χ2n) is 5.59. The number of amides is 2. The van der Waals surface area contributed by atoms with Gasteiger partial charge in [0.2, 0.25) is 11.8 Å². The van der Waals surface area contributed by atoms with Gasteiger partial charge in [0.05, 0.1) is 12.5 Å². The van der Waals surface area contributed by atoms with Crippen LogP contribution in [0.3, 0.4) is 0 Å². The number of benzene rings is 1. The quantitative estimate of drug-likeness (QED) is 0.759. The predicted molar refractivity (Wildman–Crippen MR) is 82.1 cm³/mol. The Balaban J connectivity index is 1.74. The highest BCUT2D eigenvalue weighted by Crippen LogP contribution is 2.19. The van der Waals surface area contributed by atoms with E-state index in [-0.39, 0.29) is 11.8 Å². The Kier molecular flexibility index (Phi) is 4.11. The Morgan fingerprint density at radius 3 is 2.95 bits per heavy atom. The number of carbonyl (C=O) groups is 2. The average molecular weight is 301 g/mol. The van der Waals surface area contributed by atoms with E-state index in [1.807, 2.05) is 30.5 Å². The molecule has 0 aliphatic carbocycles. The van der Waals surface area contributed by atoms with Crippen LogP contribution in [0.15, 0.2) is 30.5 Å². The van der Waals surface area contributed by atoms with E-state index in [9.17, 15) is 9.59 Å². The number of rotatable bonds is 5. The van der Waals surface area contributed by atoms with E-state index in [0.29, 0.717) is 26.1 Å².